The van der Waals surface area contributed by atoms with Crippen LogP contribution in [0, 0.1) is 6.92 Å². The first-order valence-corrected chi connectivity index (χ1v) is 8.40. The van der Waals surface area contributed by atoms with Gasteiger partial charge in [0.05, 0.1) is 12.2 Å². The van der Waals surface area contributed by atoms with Crippen molar-refractivity contribution in [3.05, 3.63) is 53.3 Å². The fraction of sp³-hybridized carbons (Fsp3) is 0.389. The van der Waals surface area contributed by atoms with Crippen LogP contribution in [0.2, 0.25) is 0 Å². The number of nitrogens with zero attached hydrogens (tertiary/aromatic N) is 3. The molecule has 3 rings (SSSR count). The van der Waals surface area contributed by atoms with E-state index in [0.717, 1.165) is 17.7 Å². The number of rotatable bonds is 4. The van der Waals surface area contributed by atoms with Crippen molar-refractivity contribution in [2.45, 2.75) is 19.5 Å². The molecule has 0 radical (unpaired) electrons. The number of piperazine rings is 1. The van der Waals surface area contributed by atoms with Gasteiger partial charge in [0.25, 0.3) is 5.91 Å². The van der Waals surface area contributed by atoms with Gasteiger partial charge in [-0.25, -0.2) is 0 Å². The molecule has 7 nitrogen and oxygen atoms in total. The van der Waals surface area contributed by atoms with E-state index >= 15 is 0 Å². The molecular weight excluding hydrogens is 318 g/mol. The lowest BCUT2D eigenvalue weighted by atomic mass is 10.0. The van der Waals surface area contributed by atoms with Gasteiger partial charge in [-0.1, -0.05) is 12.1 Å². The first-order chi connectivity index (χ1) is 12.1. The molecule has 2 aromatic rings. The molecule has 2 heterocycles. The maximum absolute atomic E-state index is 12.8. The third-order valence-electron chi connectivity index (χ3n) is 4.38. The van der Waals surface area contributed by atoms with Crippen molar-refractivity contribution in [1.82, 2.24) is 25.3 Å². The van der Waals surface area contributed by atoms with Gasteiger partial charge in [-0.2, -0.15) is 5.10 Å². The van der Waals surface area contributed by atoms with E-state index in [0.29, 0.717) is 18.7 Å². The summed E-state index contributed by atoms with van der Waals surface area (Å²) in [5, 5.41) is 10.2. The molecule has 1 aliphatic rings. The molecule has 1 unspecified atom stereocenters. The van der Waals surface area contributed by atoms with Gasteiger partial charge in [0, 0.05) is 38.4 Å². The van der Waals surface area contributed by atoms with Gasteiger partial charge in [-0.15, -0.1) is 0 Å². The molecule has 1 aromatic heterocycles. The van der Waals surface area contributed by atoms with E-state index in [1.807, 2.05) is 36.2 Å². The second-order valence-corrected chi connectivity index (χ2v) is 6.23. The number of aryl methyl sites for hydroxylation is 1. The Bertz CT molecular complexity index is 770. The number of hydrogen-bond donors (Lipinski definition) is 2. The zero-order valence-electron chi connectivity index (χ0n) is 14.5. The smallest absolute Gasteiger partial charge is 0.251 e. The van der Waals surface area contributed by atoms with Crippen molar-refractivity contribution < 1.29 is 9.59 Å². The number of benzene rings is 1. The van der Waals surface area contributed by atoms with Crippen LogP contribution in [0.1, 0.15) is 27.5 Å². The molecule has 7 heteroatoms. The number of carbonyl (C=O) groups is 2. The van der Waals surface area contributed by atoms with Crippen LogP contribution in [-0.4, -0.2) is 53.2 Å². The minimum Gasteiger partial charge on any atom is -0.355 e. The van der Waals surface area contributed by atoms with Crippen LogP contribution in [0.25, 0.3) is 0 Å². The monoisotopic (exact) mass is 341 g/mol. The molecule has 25 heavy (non-hydrogen) atoms. The maximum Gasteiger partial charge on any atom is 0.251 e. The van der Waals surface area contributed by atoms with E-state index in [1.165, 1.54) is 0 Å². The molecule has 1 aliphatic heterocycles. The first kappa shape index (κ1) is 17.2. The normalized spacial score (nSPS) is 17.4. The molecule has 0 aliphatic carbocycles. The topological polar surface area (TPSA) is 79.3 Å². The van der Waals surface area contributed by atoms with Crippen LogP contribution in [0.4, 0.5) is 0 Å². The number of aromatic nitrogens is 2. The Morgan fingerprint density at radius 1 is 1.40 bits per heavy atom. The summed E-state index contributed by atoms with van der Waals surface area (Å²) >= 11 is 0. The van der Waals surface area contributed by atoms with Crippen molar-refractivity contribution in [2.75, 3.05) is 26.7 Å². The Kier molecular flexibility index (Phi) is 5.14. The molecule has 2 amide bonds. The zero-order chi connectivity index (χ0) is 17.8. The maximum atomic E-state index is 12.8. The average molecular weight is 341 g/mol. The Hall–Kier alpha value is -2.67. The standard InChI is InChI=1S/C18H23N5O2/c1-13-9-21-22(11-13)12-17(24)23-7-6-20-10-16(23)14-4-3-5-15(8-14)18(25)19-2/h3-5,8-9,11,16,20H,6-7,10,12H2,1-2H3,(H,19,25). The van der Waals surface area contributed by atoms with Crippen molar-refractivity contribution in [2.24, 2.45) is 0 Å². The highest BCUT2D eigenvalue weighted by Crippen LogP contribution is 2.23. The lowest BCUT2D eigenvalue weighted by Crippen LogP contribution is -2.49. The Labute approximate surface area is 147 Å². The molecule has 1 fully saturated rings. The lowest BCUT2D eigenvalue weighted by molar-refractivity contribution is -0.135. The van der Waals surface area contributed by atoms with Gasteiger partial charge in [-0.3, -0.25) is 14.3 Å². The van der Waals surface area contributed by atoms with Crippen LogP contribution in [-0.2, 0) is 11.3 Å². The second kappa shape index (κ2) is 7.48. The van der Waals surface area contributed by atoms with E-state index < -0.39 is 0 Å². The van der Waals surface area contributed by atoms with E-state index in [2.05, 4.69) is 15.7 Å². The van der Waals surface area contributed by atoms with E-state index in [1.54, 1.807) is 24.0 Å². The lowest BCUT2D eigenvalue weighted by Gasteiger charge is -2.36. The highest BCUT2D eigenvalue weighted by molar-refractivity contribution is 5.94. The number of hydrogen-bond acceptors (Lipinski definition) is 4. The minimum absolute atomic E-state index is 0.0277. The highest BCUT2D eigenvalue weighted by atomic mass is 16.2. The first-order valence-electron chi connectivity index (χ1n) is 8.40. The SMILES string of the molecule is CNC(=O)c1cccc(C2CNCCN2C(=O)Cn2cc(C)cn2)c1. The molecule has 1 atom stereocenters. The van der Waals surface area contributed by atoms with Gasteiger partial charge in [0.1, 0.15) is 6.54 Å². The largest absolute Gasteiger partial charge is 0.355 e. The second-order valence-electron chi connectivity index (χ2n) is 6.23. The highest BCUT2D eigenvalue weighted by Gasteiger charge is 2.28. The molecule has 1 aromatic carbocycles. The third-order valence-corrected chi connectivity index (χ3v) is 4.38. The minimum atomic E-state index is -0.129. The van der Waals surface area contributed by atoms with E-state index in [4.69, 9.17) is 0 Å². The summed E-state index contributed by atoms with van der Waals surface area (Å²) in [6.45, 7) is 4.23. The van der Waals surface area contributed by atoms with Crippen molar-refractivity contribution in [3.63, 3.8) is 0 Å². The molecular formula is C18H23N5O2. The van der Waals surface area contributed by atoms with Gasteiger partial charge in [0.15, 0.2) is 0 Å². The Balaban J connectivity index is 1.81. The van der Waals surface area contributed by atoms with Crippen molar-refractivity contribution >= 4 is 11.8 Å². The van der Waals surface area contributed by atoms with Crippen LogP contribution in [0.3, 0.4) is 0 Å². The third kappa shape index (κ3) is 3.88. The van der Waals surface area contributed by atoms with Gasteiger partial charge in [-0.05, 0) is 30.2 Å². The molecule has 0 saturated carbocycles. The predicted molar refractivity (Wildman–Crippen MR) is 94.1 cm³/mol. The number of nitrogens with one attached hydrogen (secondary N) is 2. The summed E-state index contributed by atoms with van der Waals surface area (Å²) in [5.74, 6) is -0.101. The number of amides is 2. The summed E-state index contributed by atoms with van der Waals surface area (Å²) < 4.78 is 1.66. The van der Waals surface area contributed by atoms with Crippen LogP contribution < -0.4 is 10.6 Å². The summed E-state index contributed by atoms with van der Waals surface area (Å²) in [5.41, 5.74) is 2.59. The van der Waals surface area contributed by atoms with Crippen LogP contribution in [0.15, 0.2) is 36.7 Å². The fourth-order valence-corrected chi connectivity index (χ4v) is 3.11. The average Bonchev–Trinajstić information content (AvgIpc) is 3.05. The number of carbonyl (C=O) groups excluding carboxylic acids is 2. The van der Waals surface area contributed by atoms with Crippen molar-refractivity contribution in [1.29, 1.82) is 0 Å². The molecule has 0 bridgehead atoms. The van der Waals surface area contributed by atoms with Crippen LogP contribution >= 0.6 is 0 Å². The molecule has 0 spiro atoms. The Morgan fingerprint density at radius 3 is 2.96 bits per heavy atom. The zero-order valence-corrected chi connectivity index (χ0v) is 14.5. The van der Waals surface area contributed by atoms with Crippen molar-refractivity contribution in [3.8, 4) is 0 Å². The van der Waals surface area contributed by atoms with E-state index in [-0.39, 0.29) is 24.4 Å². The van der Waals surface area contributed by atoms with E-state index in [9.17, 15) is 9.59 Å². The molecule has 132 valence electrons. The summed E-state index contributed by atoms with van der Waals surface area (Å²) in [6, 6.07) is 7.35. The van der Waals surface area contributed by atoms with Gasteiger partial charge < -0.3 is 15.5 Å². The summed E-state index contributed by atoms with van der Waals surface area (Å²) in [6.07, 6.45) is 3.61. The van der Waals surface area contributed by atoms with Gasteiger partial charge >= 0.3 is 0 Å². The van der Waals surface area contributed by atoms with Gasteiger partial charge in [0.2, 0.25) is 5.91 Å². The summed E-state index contributed by atoms with van der Waals surface area (Å²) in [7, 11) is 1.61. The molecule has 1 saturated heterocycles. The quantitative estimate of drug-likeness (QED) is 0.859. The molecule has 2 N–H and O–H groups in total. The Morgan fingerprint density at radius 2 is 2.24 bits per heavy atom. The fourth-order valence-electron chi connectivity index (χ4n) is 3.11. The summed E-state index contributed by atoms with van der Waals surface area (Å²) in [4.78, 5) is 26.6. The van der Waals surface area contributed by atoms with Crippen LogP contribution in [0.5, 0.6) is 0 Å². The predicted octanol–water partition coefficient (Wildman–Crippen LogP) is 0.724.